The number of nitrogens with one attached hydrogen (secondary N) is 2. The zero-order valence-electron chi connectivity index (χ0n) is 20.9. The van der Waals surface area contributed by atoms with Crippen molar-refractivity contribution < 1.29 is 19.1 Å². The predicted octanol–water partition coefficient (Wildman–Crippen LogP) is 6.59. The van der Waals surface area contributed by atoms with Crippen LogP contribution < -0.4 is 29.9 Å². The molecular formula is C30H26N4O4. The van der Waals surface area contributed by atoms with Gasteiger partial charge in [-0.2, -0.15) is 0 Å². The molecule has 38 heavy (non-hydrogen) atoms. The molecule has 2 unspecified atom stereocenters. The number of carbonyl (C=O) groups excluding carboxylic acids is 2. The van der Waals surface area contributed by atoms with Gasteiger partial charge in [-0.15, -0.1) is 0 Å². The van der Waals surface area contributed by atoms with E-state index in [9.17, 15) is 9.59 Å². The highest BCUT2D eigenvalue weighted by Crippen LogP contribution is 2.50. The normalized spacial score (nSPS) is 18.2. The first-order valence-corrected chi connectivity index (χ1v) is 12.3. The van der Waals surface area contributed by atoms with Gasteiger partial charge in [0.15, 0.2) is 0 Å². The number of anilines is 4. The molecule has 4 aromatic rings. The molecule has 0 spiro atoms. The standard InChI is InChI=1S/C30H26N4O4/c1-37-21-11-7-9-19(17-21)33-27(23-13-3-5-15-25(23)31-29(33)35)28-24-14-4-6-16-26(24)32-30(36)34(28)20-10-8-12-22(18-20)38-2/h3-18,27-28H,1-2H3,(H,31,35)(H,32,36). The lowest BCUT2D eigenvalue weighted by molar-refractivity contribution is 0.246. The van der Waals surface area contributed by atoms with Crippen LogP contribution in [0.4, 0.5) is 32.3 Å². The summed E-state index contributed by atoms with van der Waals surface area (Å²) in [6.45, 7) is 0. The van der Waals surface area contributed by atoms with Crippen LogP contribution in [0.1, 0.15) is 23.2 Å². The molecule has 2 N–H and O–H groups in total. The number of nitrogens with zero attached hydrogens (tertiary/aromatic N) is 2. The van der Waals surface area contributed by atoms with Crippen LogP contribution in [0, 0.1) is 0 Å². The number of methoxy groups -OCH3 is 2. The Labute approximate surface area is 220 Å². The topological polar surface area (TPSA) is 83.1 Å². The molecule has 2 atom stereocenters. The molecule has 4 aromatic carbocycles. The minimum Gasteiger partial charge on any atom is -0.497 e. The van der Waals surface area contributed by atoms with Gasteiger partial charge in [-0.3, -0.25) is 9.80 Å². The first-order valence-electron chi connectivity index (χ1n) is 12.3. The Morgan fingerprint density at radius 3 is 1.42 bits per heavy atom. The van der Waals surface area contributed by atoms with Crippen molar-refractivity contribution in [2.75, 3.05) is 34.7 Å². The number of rotatable bonds is 5. The first-order chi connectivity index (χ1) is 18.6. The summed E-state index contributed by atoms with van der Waals surface area (Å²) in [6, 6.07) is 28.4. The van der Waals surface area contributed by atoms with E-state index in [-0.39, 0.29) is 12.1 Å². The average molecular weight is 507 g/mol. The van der Waals surface area contributed by atoms with E-state index in [1.54, 1.807) is 24.0 Å². The number of urea groups is 2. The highest BCUT2D eigenvalue weighted by molar-refractivity contribution is 6.08. The number of hydrogen-bond donors (Lipinski definition) is 2. The van der Waals surface area contributed by atoms with Crippen LogP contribution in [0.15, 0.2) is 97.1 Å². The third kappa shape index (κ3) is 3.87. The molecule has 0 saturated heterocycles. The molecule has 2 heterocycles. The summed E-state index contributed by atoms with van der Waals surface area (Å²) >= 11 is 0. The Bertz CT molecular complexity index is 1420. The summed E-state index contributed by atoms with van der Waals surface area (Å²) in [5, 5.41) is 6.06. The van der Waals surface area contributed by atoms with Gasteiger partial charge in [0, 0.05) is 46.0 Å². The number of hydrogen-bond acceptors (Lipinski definition) is 4. The molecule has 0 bridgehead atoms. The summed E-state index contributed by atoms with van der Waals surface area (Å²) in [5.41, 5.74) is 4.48. The number of para-hydroxylation sites is 2. The Hall–Kier alpha value is -4.98. The fourth-order valence-electron chi connectivity index (χ4n) is 5.32. The summed E-state index contributed by atoms with van der Waals surface area (Å²) < 4.78 is 10.9. The monoisotopic (exact) mass is 506 g/mol. The first kappa shape index (κ1) is 23.4. The molecule has 8 nitrogen and oxygen atoms in total. The lowest BCUT2D eigenvalue weighted by atomic mass is 9.86. The largest absolute Gasteiger partial charge is 0.497 e. The van der Waals surface area contributed by atoms with E-state index < -0.39 is 12.1 Å². The molecule has 0 aromatic heterocycles. The molecule has 2 aliphatic rings. The fourth-order valence-corrected chi connectivity index (χ4v) is 5.32. The minimum absolute atomic E-state index is 0.295. The van der Waals surface area contributed by atoms with Gasteiger partial charge in [0.25, 0.3) is 0 Å². The van der Waals surface area contributed by atoms with Gasteiger partial charge in [-0.25, -0.2) is 9.59 Å². The molecule has 6 rings (SSSR count). The van der Waals surface area contributed by atoms with E-state index in [1.165, 1.54) is 0 Å². The van der Waals surface area contributed by atoms with Crippen LogP contribution in [0.25, 0.3) is 0 Å². The molecule has 0 fully saturated rings. The lowest BCUT2D eigenvalue weighted by Crippen LogP contribution is -2.52. The Morgan fingerprint density at radius 1 is 0.579 bits per heavy atom. The van der Waals surface area contributed by atoms with Crippen LogP contribution in [0.5, 0.6) is 11.5 Å². The molecule has 0 saturated carbocycles. The molecule has 190 valence electrons. The van der Waals surface area contributed by atoms with Crippen molar-refractivity contribution in [3.05, 3.63) is 108 Å². The van der Waals surface area contributed by atoms with Gasteiger partial charge in [0.1, 0.15) is 11.5 Å². The van der Waals surface area contributed by atoms with E-state index >= 15 is 0 Å². The number of carbonyl (C=O) groups is 2. The van der Waals surface area contributed by atoms with Crippen molar-refractivity contribution in [2.45, 2.75) is 12.1 Å². The second-order valence-electron chi connectivity index (χ2n) is 9.07. The Morgan fingerprint density at radius 2 is 1.00 bits per heavy atom. The van der Waals surface area contributed by atoms with E-state index in [0.29, 0.717) is 34.2 Å². The number of amides is 4. The molecule has 2 aliphatic heterocycles. The summed E-state index contributed by atoms with van der Waals surface area (Å²) in [6.07, 6.45) is 0. The summed E-state index contributed by atoms with van der Waals surface area (Å²) in [7, 11) is 3.18. The second-order valence-corrected chi connectivity index (χ2v) is 9.07. The van der Waals surface area contributed by atoms with Crippen molar-refractivity contribution in [3.8, 4) is 11.5 Å². The Kier molecular flexibility index (Phi) is 5.84. The number of fused-ring (bicyclic) bond motifs is 2. The van der Waals surface area contributed by atoms with E-state index in [4.69, 9.17) is 9.47 Å². The molecule has 8 heteroatoms. The van der Waals surface area contributed by atoms with Crippen LogP contribution in [0.2, 0.25) is 0 Å². The lowest BCUT2D eigenvalue weighted by Gasteiger charge is -2.47. The predicted molar refractivity (Wildman–Crippen MR) is 147 cm³/mol. The van der Waals surface area contributed by atoms with Crippen molar-refractivity contribution in [2.24, 2.45) is 0 Å². The quantitative estimate of drug-likeness (QED) is 0.320. The third-order valence-corrected chi connectivity index (χ3v) is 7.00. The second kappa shape index (κ2) is 9.48. The SMILES string of the molecule is COc1cccc(N2C(=O)Nc3ccccc3C2C2c3ccccc3NC(=O)N2c2cccc(OC)c2)c1. The maximum absolute atomic E-state index is 13.8. The van der Waals surface area contributed by atoms with Crippen LogP contribution in [-0.4, -0.2) is 26.3 Å². The minimum atomic E-state index is -0.564. The highest BCUT2D eigenvalue weighted by Gasteiger charge is 2.46. The molecular weight excluding hydrogens is 480 g/mol. The zero-order chi connectivity index (χ0) is 26.2. The maximum Gasteiger partial charge on any atom is 0.326 e. The number of benzene rings is 4. The van der Waals surface area contributed by atoms with Gasteiger partial charge in [-0.05, 0) is 36.4 Å². The smallest absolute Gasteiger partial charge is 0.326 e. The van der Waals surface area contributed by atoms with Crippen LogP contribution in [0.3, 0.4) is 0 Å². The molecule has 0 radical (unpaired) electrons. The third-order valence-electron chi connectivity index (χ3n) is 7.00. The summed E-state index contributed by atoms with van der Waals surface area (Å²) in [4.78, 5) is 31.0. The number of ether oxygens (including phenoxy) is 2. The van der Waals surface area contributed by atoms with Crippen molar-refractivity contribution in [1.29, 1.82) is 0 Å². The zero-order valence-corrected chi connectivity index (χ0v) is 20.9. The van der Waals surface area contributed by atoms with Gasteiger partial charge >= 0.3 is 12.1 Å². The maximum atomic E-state index is 13.8. The van der Waals surface area contributed by atoms with Crippen molar-refractivity contribution >= 4 is 34.8 Å². The highest BCUT2D eigenvalue weighted by atomic mass is 16.5. The van der Waals surface area contributed by atoms with E-state index in [2.05, 4.69) is 10.6 Å². The molecule has 4 amide bonds. The van der Waals surface area contributed by atoms with Gasteiger partial charge in [0.05, 0.1) is 26.3 Å². The summed E-state index contributed by atoms with van der Waals surface area (Å²) in [5.74, 6) is 1.25. The van der Waals surface area contributed by atoms with Crippen LogP contribution >= 0.6 is 0 Å². The Balaban J connectivity index is 1.62. The fraction of sp³-hybridized carbons (Fsp3) is 0.133. The van der Waals surface area contributed by atoms with Crippen molar-refractivity contribution in [1.82, 2.24) is 0 Å². The van der Waals surface area contributed by atoms with E-state index in [0.717, 1.165) is 11.1 Å². The van der Waals surface area contributed by atoms with E-state index in [1.807, 2.05) is 97.1 Å². The van der Waals surface area contributed by atoms with Gasteiger partial charge < -0.3 is 20.1 Å². The molecule has 0 aliphatic carbocycles. The average Bonchev–Trinajstić information content (AvgIpc) is 2.95. The van der Waals surface area contributed by atoms with Gasteiger partial charge in [-0.1, -0.05) is 48.5 Å². The van der Waals surface area contributed by atoms with Crippen LogP contribution in [-0.2, 0) is 0 Å². The van der Waals surface area contributed by atoms with Gasteiger partial charge in [0.2, 0.25) is 0 Å². The van der Waals surface area contributed by atoms with Crippen molar-refractivity contribution in [3.63, 3.8) is 0 Å².